The molecule has 0 radical (unpaired) electrons. The molecule has 4 aliphatic rings. The van der Waals surface area contributed by atoms with E-state index >= 15 is 0 Å². The third-order valence-corrected chi connectivity index (χ3v) is 10.4. The molecule has 14 nitrogen and oxygen atoms in total. The quantitative estimate of drug-likeness (QED) is 0.194. The molecule has 0 saturated carbocycles. The molecule has 4 heterocycles. The van der Waals surface area contributed by atoms with Crippen LogP contribution < -0.4 is 16.0 Å². The first-order chi connectivity index (χ1) is 25.5. The van der Waals surface area contributed by atoms with Crippen LogP contribution in [0.25, 0.3) is 0 Å². The molecule has 3 N–H and O–H groups in total. The average molecular weight is 739 g/mol. The van der Waals surface area contributed by atoms with Gasteiger partial charge in [0.25, 0.3) is 0 Å². The molecule has 15 heteroatoms. The van der Waals surface area contributed by atoms with E-state index in [0.29, 0.717) is 63.5 Å². The van der Waals surface area contributed by atoms with Crippen molar-refractivity contribution in [2.24, 2.45) is 0 Å². The fraction of sp³-hybridized carbons (Fsp3) is 0.605. The van der Waals surface area contributed by atoms with E-state index in [1.165, 1.54) is 39.0 Å². The normalized spacial score (nSPS) is 26.4. The number of esters is 1. The average Bonchev–Trinajstić information content (AvgIpc) is 3.84. The van der Waals surface area contributed by atoms with Crippen LogP contribution in [0.1, 0.15) is 83.6 Å². The fourth-order valence-corrected chi connectivity index (χ4v) is 7.59. The third-order valence-electron chi connectivity index (χ3n) is 10.4. The van der Waals surface area contributed by atoms with E-state index in [9.17, 15) is 38.0 Å². The molecular weight excluding hydrogens is 687 g/mol. The maximum Gasteiger partial charge on any atom is 0.328 e. The number of nitrogens with zero attached hydrogens (tertiary/aromatic N) is 3. The Balaban J connectivity index is 1.45. The van der Waals surface area contributed by atoms with Crippen LogP contribution >= 0.6 is 0 Å². The molecule has 0 aliphatic carbocycles. The zero-order valence-corrected chi connectivity index (χ0v) is 30.5. The number of allylic oxidation sites excluding steroid dienone is 1. The van der Waals surface area contributed by atoms with Crippen LogP contribution in [0.3, 0.4) is 0 Å². The number of carbonyl (C=O) groups is 7. The van der Waals surface area contributed by atoms with Crippen LogP contribution in [-0.2, 0) is 44.7 Å². The first-order valence-corrected chi connectivity index (χ1v) is 18.9. The van der Waals surface area contributed by atoms with Crippen molar-refractivity contribution in [1.82, 2.24) is 30.7 Å². The van der Waals surface area contributed by atoms with E-state index < -0.39 is 90.1 Å². The lowest BCUT2D eigenvalue weighted by molar-refractivity contribution is -0.158. The molecule has 0 spiro atoms. The second kappa shape index (κ2) is 18.3. The number of hydrogen-bond acceptors (Lipinski definition) is 8. The molecular formula is C38H51FN6O8. The summed E-state index contributed by atoms with van der Waals surface area (Å²) in [4.78, 5) is 100. The van der Waals surface area contributed by atoms with Crippen molar-refractivity contribution in [3.63, 3.8) is 0 Å². The van der Waals surface area contributed by atoms with Gasteiger partial charge in [-0.3, -0.25) is 28.8 Å². The van der Waals surface area contributed by atoms with Gasteiger partial charge >= 0.3 is 5.97 Å². The molecule has 1 aromatic carbocycles. The number of carbonyl (C=O) groups excluding carboxylic acids is 7. The lowest BCUT2D eigenvalue weighted by atomic mass is 9.99. The fourth-order valence-electron chi connectivity index (χ4n) is 7.59. The molecule has 0 bridgehead atoms. The lowest BCUT2D eigenvalue weighted by Gasteiger charge is -2.39. The number of cyclic esters (lactones) is 1. The van der Waals surface area contributed by atoms with Gasteiger partial charge in [-0.1, -0.05) is 38.0 Å². The molecule has 6 atom stereocenters. The summed E-state index contributed by atoms with van der Waals surface area (Å²) in [7, 11) is 0. The Morgan fingerprint density at radius 2 is 1.60 bits per heavy atom. The maximum absolute atomic E-state index is 14.4. The molecule has 1 unspecified atom stereocenters. The monoisotopic (exact) mass is 738 g/mol. The number of hydrogen-bond donors (Lipinski definition) is 3. The number of fused-ring (bicyclic) bond motifs is 3. The van der Waals surface area contributed by atoms with Crippen molar-refractivity contribution in [1.29, 1.82) is 0 Å². The summed E-state index contributed by atoms with van der Waals surface area (Å²) in [6.07, 6.45) is 8.76. The van der Waals surface area contributed by atoms with Gasteiger partial charge in [-0.05, 0) is 82.1 Å². The minimum atomic E-state index is -1.47. The first kappa shape index (κ1) is 39.4. The predicted octanol–water partition coefficient (Wildman–Crippen LogP) is 1.51. The SMILES string of the molecule is CCCC/C=C/C(=O)N[C@@H](Cc1cccc(F)c1)C(=O)N[C@H]1COC(=O)[C@@H]2CCCN2C(=O)[C@H](C)NC(=O)C2CCCCN2C(=O)[C@@H]2CCCN2C1=O. The summed E-state index contributed by atoms with van der Waals surface area (Å²) in [6.45, 7) is 3.71. The maximum atomic E-state index is 14.4. The van der Waals surface area contributed by atoms with Gasteiger partial charge in [0.1, 0.15) is 48.7 Å². The van der Waals surface area contributed by atoms with E-state index in [0.717, 1.165) is 12.8 Å². The van der Waals surface area contributed by atoms with Crippen LogP contribution in [0, 0.1) is 5.82 Å². The molecule has 6 amide bonds. The second-order valence-corrected chi connectivity index (χ2v) is 14.3. The topological polar surface area (TPSA) is 175 Å². The van der Waals surface area contributed by atoms with E-state index in [1.54, 1.807) is 19.1 Å². The smallest absolute Gasteiger partial charge is 0.328 e. The van der Waals surface area contributed by atoms with Gasteiger partial charge in [0, 0.05) is 26.1 Å². The van der Waals surface area contributed by atoms with Crippen molar-refractivity contribution >= 4 is 41.4 Å². The van der Waals surface area contributed by atoms with Crippen molar-refractivity contribution < 1.29 is 42.7 Å². The number of nitrogens with one attached hydrogen (secondary N) is 3. The highest BCUT2D eigenvalue weighted by molar-refractivity contribution is 5.98. The van der Waals surface area contributed by atoms with Gasteiger partial charge in [-0.15, -0.1) is 0 Å². The Morgan fingerprint density at radius 3 is 2.34 bits per heavy atom. The molecule has 4 aliphatic heterocycles. The summed E-state index contributed by atoms with van der Waals surface area (Å²) in [5.74, 6) is -4.67. The van der Waals surface area contributed by atoms with Crippen LogP contribution in [0.15, 0.2) is 36.4 Å². The molecule has 4 saturated heterocycles. The van der Waals surface area contributed by atoms with Gasteiger partial charge in [-0.25, -0.2) is 9.18 Å². The largest absolute Gasteiger partial charge is 0.461 e. The second-order valence-electron chi connectivity index (χ2n) is 14.3. The van der Waals surface area contributed by atoms with Crippen molar-refractivity contribution in [3.05, 3.63) is 47.8 Å². The zero-order valence-electron chi connectivity index (χ0n) is 30.5. The predicted molar refractivity (Wildman–Crippen MR) is 190 cm³/mol. The van der Waals surface area contributed by atoms with E-state index in [2.05, 4.69) is 16.0 Å². The summed E-state index contributed by atoms with van der Waals surface area (Å²) in [5.41, 5.74) is 0.418. The van der Waals surface area contributed by atoms with Gasteiger partial charge < -0.3 is 35.4 Å². The Hall–Kier alpha value is -4.82. The van der Waals surface area contributed by atoms with Crippen molar-refractivity contribution in [2.75, 3.05) is 26.2 Å². The molecule has 4 fully saturated rings. The zero-order chi connectivity index (χ0) is 38.1. The number of piperidine rings is 1. The highest BCUT2D eigenvalue weighted by atomic mass is 19.1. The number of rotatable bonds is 9. The van der Waals surface area contributed by atoms with E-state index in [-0.39, 0.29) is 19.5 Å². The van der Waals surface area contributed by atoms with Gasteiger partial charge in [0.05, 0.1) is 0 Å². The number of amides is 6. The summed E-state index contributed by atoms with van der Waals surface area (Å²) in [5, 5.41) is 8.09. The van der Waals surface area contributed by atoms with Gasteiger partial charge in [0.2, 0.25) is 35.4 Å². The molecule has 288 valence electrons. The molecule has 1 aromatic rings. The standard InChI is InChI=1S/C38H51FN6O8/c1-3-4-5-6-17-32(46)41-27(22-25-12-9-13-26(39)21-25)33(47)42-28-23-53-38(52)31-16-11-20-45(31)35(49)24(2)40-34(48)29-14-7-8-18-43(29)37(51)30-15-10-19-44(30)36(28)50/h6,9,12-13,17,21,24,27-31H,3-5,7-8,10-11,14-16,18-20,22-23H2,1-2H3,(H,40,48)(H,41,46)(H,42,47)/b17-6+/t24-,27-,28-,29?,30-,31-/m0/s1. The Labute approximate surface area is 309 Å². The third kappa shape index (κ3) is 9.79. The first-order valence-electron chi connectivity index (χ1n) is 18.9. The summed E-state index contributed by atoms with van der Waals surface area (Å²) in [6, 6.07) is -0.834. The number of ether oxygens (including phenoxy) is 1. The number of benzene rings is 1. The van der Waals surface area contributed by atoms with Crippen LogP contribution in [-0.4, -0.2) is 119 Å². The Kier molecular flexibility index (Phi) is 13.6. The van der Waals surface area contributed by atoms with Crippen LogP contribution in [0.5, 0.6) is 0 Å². The number of halogens is 1. The van der Waals surface area contributed by atoms with Gasteiger partial charge in [-0.2, -0.15) is 0 Å². The van der Waals surface area contributed by atoms with Crippen molar-refractivity contribution in [3.8, 4) is 0 Å². The van der Waals surface area contributed by atoms with Crippen LogP contribution in [0.4, 0.5) is 4.39 Å². The Morgan fingerprint density at radius 1 is 0.925 bits per heavy atom. The minimum absolute atomic E-state index is 0.112. The summed E-state index contributed by atoms with van der Waals surface area (Å²) < 4.78 is 19.8. The number of unbranched alkanes of at least 4 members (excludes halogenated alkanes) is 2. The molecule has 0 aromatic heterocycles. The lowest BCUT2D eigenvalue weighted by Crippen LogP contribution is -2.62. The van der Waals surface area contributed by atoms with E-state index in [1.807, 2.05) is 6.92 Å². The van der Waals surface area contributed by atoms with Gasteiger partial charge in [0.15, 0.2) is 0 Å². The molecule has 5 rings (SSSR count). The van der Waals surface area contributed by atoms with Crippen LogP contribution in [0.2, 0.25) is 0 Å². The minimum Gasteiger partial charge on any atom is -0.461 e. The molecule has 53 heavy (non-hydrogen) atoms. The highest BCUT2D eigenvalue weighted by Crippen LogP contribution is 2.26. The van der Waals surface area contributed by atoms with E-state index in [4.69, 9.17) is 4.74 Å². The summed E-state index contributed by atoms with van der Waals surface area (Å²) >= 11 is 0. The highest BCUT2D eigenvalue weighted by Gasteiger charge is 2.45. The Bertz CT molecular complexity index is 1590. The van der Waals surface area contributed by atoms with Crippen molar-refractivity contribution in [2.45, 2.75) is 121 Å².